The van der Waals surface area contributed by atoms with Gasteiger partial charge in [-0.1, -0.05) is 23.7 Å². The summed E-state index contributed by atoms with van der Waals surface area (Å²) in [5.41, 5.74) is 2.46. The van der Waals surface area contributed by atoms with Gasteiger partial charge in [0, 0.05) is 5.69 Å². The molecule has 0 fully saturated rings. The molecular weight excluding hydrogens is 452 g/mol. The zero-order valence-corrected chi connectivity index (χ0v) is 19.2. The van der Waals surface area contributed by atoms with E-state index in [1.807, 2.05) is 6.92 Å². The molecule has 0 saturated carbocycles. The average molecular weight is 473 g/mol. The van der Waals surface area contributed by atoms with Crippen molar-refractivity contribution in [1.29, 1.82) is 0 Å². The summed E-state index contributed by atoms with van der Waals surface area (Å²) in [5.74, 6) is -0.632. The lowest BCUT2D eigenvalue weighted by molar-refractivity contribution is -0.142. The molecule has 0 aliphatic heterocycles. The Balaban J connectivity index is 1.68. The summed E-state index contributed by atoms with van der Waals surface area (Å²) in [4.78, 5) is 37.0. The first-order valence-electron chi connectivity index (χ1n) is 9.56. The predicted molar refractivity (Wildman–Crippen MR) is 125 cm³/mol. The summed E-state index contributed by atoms with van der Waals surface area (Å²) in [7, 11) is 1.29. The third-order valence-electron chi connectivity index (χ3n) is 4.51. The summed E-state index contributed by atoms with van der Waals surface area (Å²) in [6, 6.07) is 13.6. The highest BCUT2D eigenvalue weighted by molar-refractivity contribution is 7.18. The summed E-state index contributed by atoms with van der Waals surface area (Å²) < 4.78 is 9.90. The normalized spacial score (nSPS) is 10.4. The minimum Gasteiger partial charge on any atom is -0.482 e. The number of anilines is 2. The number of benzene rings is 2. The second kappa shape index (κ2) is 10.3. The number of rotatable bonds is 7. The predicted octanol–water partition coefficient (Wildman–Crippen LogP) is 5.07. The second-order valence-electron chi connectivity index (χ2n) is 6.85. The average Bonchev–Trinajstić information content (AvgIpc) is 3.13. The summed E-state index contributed by atoms with van der Waals surface area (Å²) in [6.45, 7) is 3.42. The molecule has 166 valence electrons. The van der Waals surface area contributed by atoms with Crippen molar-refractivity contribution in [2.24, 2.45) is 0 Å². The van der Waals surface area contributed by atoms with Gasteiger partial charge in [-0.15, -0.1) is 11.3 Å². The monoisotopic (exact) mass is 472 g/mol. The van der Waals surface area contributed by atoms with Gasteiger partial charge in [0.2, 0.25) is 0 Å². The van der Waals surface area contributed by atoms with E-state index in [4.69, 9.17) is 16.3 Å². The van der Waals surface area contributed by atoms with E-state index in [0.29, 0.717) is 31.9 Å². The highest BCUT2D eigenvalue weighted by atomic mass is 35.5. The largest absolute Gasteiger partial charge is 0.482 e. The topological polar surface area (TPSA) is 93.7 Å². The number of esters is 1. The minimum absolute atomic E-state index is 0.196. The molecule has 0 saturated heterocycles. The lowest BCUT2D eigenvalue weighted by Gasteiger charge is -2.11. The maximum atomic E-state index is 12.8. The number of methoxy groups -OCH3 is 1. The van der Waals surface area contributed by atoms with E-state index < -0.39 is 5.97 Å². The number of carbonyl (C=O) groups excluding carboxylic acids is 3. The Labute approximate surface area is 194 Å². The van der Waals surface area contributed by atoms with Crippen LogP contribution in [0.25, 0.3) is 0 Å². The van der Waals surface area contributed by atoms with E-state index in [9.17, 15) is 14.4 Å². The van der Waals surface area contributed by atoms with Crippen LogP contribution < -0.4 is 15.4 Å². The van der Waals surface area contributed by atoms with Gasteiger partial charge in [-0.05, 0) is 61.4 Å². The molecule has 0 aliphatic rings. The molecule has 3 rings (SSSR count). The minimum atomic E-state index is -0.481. The van der Waals surface area contributed by atoms with Crippen molar-refractivity contribution in [2.75, 3.05) is 24.4 Å². The number of hydrogen-bond acceptors (Lipinski definition) is 6. The van der Waals surface area contributed by atoms with Crippen LogP contribution >= 0.6 is 22.9 Å². The Kier molecular flexibility index (Phi) is 7.50. The van der Waals surface area contributed by atoms with Gasteiger partial charge in [0.05, 0.1) is 27.6 Å². The van der Waals surface area contributed by atoms with Crippen LogP contribution in [0.15, 0.2) is 48.5 Å². The van der Waals surface area contributed by atoms with Crippen molar-refractivity contribution >= 4 is 51.4 Å². The number of hydrogen-bond donors (Lipinski definition) is 2. The van der Waals surface area contributed by atoms with Gasteiger partial charge in [-0.3, -0.25) is 9.59 Å². The zero-order valence-electron chi connectivity index (χ0n) is 17.7. The van der Waals surface area contributed by atoms with Gasteiger partial charge in [-0.2, -0.15) is 0 Å². The number of ether oxygens (including phenoxy) is 2. The van der Waals surface area contributed by atoms with E-state index in [1.54, 1.807) is 55.5 Å². The maximum absolute atomic E-state index is 12.8. The molecule has 0 atom stereocenters. The van der Waals surface area contributed by atoms with Crippen LogP contribution in [0, 0.1) is 13.8 Å². The van der Waals surface area contributed by atoms with E-state index in [-0.39, 0.29) is 18.4 Å². The van der Waals surface area contributed by atoms with Crippen LogP contribution in [-0.2, 0) is 9.53 Å². The van der Waals surface area contributed by atoms with E-state index >= 15 is 0 Å². The molecule has 1 heterocycles. The van der Waals surface area contributed by atoms with Crippen LogP contribution in [-0.4, -0.2) is 31.5 Å². The molecule has 0 bridgehead atoms. The van der Waals surface area contributed by atoms with Crippen molar-refractivity contribution in [3.05, 3.63) is 75.1 Å². The maximum Gasteiger partial charge on any atom is 0.343 e. The van der Waals surface area contributed by atoms with Gasteiger partial charge in [-0.25, -0.2) is 4.79 Å². The summed E-state index contributed by atoms with van der Waals surface area (Å²) >= 11 is 7.25. The van der Waals surface area contributed by atoms with Gasteiger partial charge < -0.3 is 20.1 Å². The molecular formula is C23H21ClN2O5S. The summed E-state index contributed by atoms with van der Waals surface area (Å²) in [6.07, 6.45) is 0. The first kappa shape index (κ1) is 23.3. The Morgan fingerprint density at radius 1 is 0.969 bits per heavy atom. The first-order valence-corrected chi connectivity index (χ1v) is 10.8. The Hall–Kier alpha value is -3.36. The SMILES string of the molecule is COC(=O)COc1ccc(NC(=O)c2sc(NC(=O)c3ccccc3Cl)cc2C)c(C)c1. The van der Waals surface area contributed by atoms with Crippen LogP contribution in [0.2, 0.25) is 5.02 Å². The second-order valence-corrected chi connectivity index (χ2v) is 8.31. The Bertz CT molecular complexity index is 1170. The van der Waals surface area contributed by atoms with Crippen molar-refractivity contribution in [1.82, 2.24) is 0 Å². The number of carbonyl (C=O) groups is 3. The molecule has 7 nitrogen and oxygen atoms in total. The molecule has 3 aromatic rings. The lowest BCUT2D eigenvalue weighted by atomic mass is 10.2. The number of thiophene rings is 1. The quantitative estimate of drug-likeness (QED) is 0.468. The van der Waals surface area contributed by atoms with Crippen molar-refractivity contribution in [3.8, 4) is 5.75 Å². The van der Waals surface area contributed by atoms with Crippen LogP contribution in [0.1, 0.15) is 31.2 Å². The fourth-order valence-electron chi connectivity index (χ4n) is 2.84. The Morgan fingerprint density at radius 3 is 2.41 bits per heavy atom. The zero-order chi connectivity index (χ0) is 23.3. The Morgan fingerprint density at radius 2 is 1.72 bits per heavy atom. The lowest BCUT2D eigenvalue weighted by Crippen LogP contribution is -2.14. The highest BCUT2D eigenvalue weighted by Crippen LogP contribution is 2.29. The van der Waals surface area contributed by atoms with E-state index in [2.05, 4.69) is 15.4 Å². The molecule has 1 aromatic heterocycles. The molecule has 0 radical (unpaired) electrons. The molecule has 0 aliphatic carbocycles. The van der Waals surface area contributed by atoms with Crippen molar-refractivity contribution in [2.45, 2.75) is 13.8 Å². The smallest absolute Gasteiger partial charge is 0.343 e. The van der Waals surface area contributed by atoms with Crippen LogP contribution in [0.3, 0.4) is 0 Å². The van der Waals surface area contributed by atoms with E-state index in [1.165, 1.54) is 18.4 Å². The van der Waals surface area contributed by atoms with Crippen LogP contribution in [0.5, 0.6) is 5.75 Å². The van der Waals surface area contributed by atoms with E-state index in [0.717, 1.165) is 11.1 Å². The molecule has 2 N–H and O–H groups in total. The number of nitrogens with one attached hydrogen (secondary N) is 2. The highest BCUT2D eigenvalue weighted by Gasteiger charge is 2.17. The third kappa shape index (κ3) is 5.66. The first-order chi connectivity index (χ1) is 15.3. The van der Waals surface area contributed by atoms with Gasteiger partial charge in [0.25, 0.3) is 11.8 Å². The number of halogens is 1. The molecule has 9 heteroatoms. The van der Waals surface area contributed by atoms with Crippen molar-refractivity contribution in [3.63, 3.8) is 0 Å². The van der Waals surface area contributed by atoms with Gasteiger partial charge >= 0.3 is 5.97 Å². The van der Waals surface area contributed by atoms with Crippen molar-refractivity contribution < 1.29 is 23.9 Å². The molecule has 2 aromatic carbocycles. The van der Waals surface area contributed by atoms with Gasteiger partial charge in [0.15, 0.2) is 6.61 Å². The molecule has 2 amide bonds. The van der Waals surface area contributed by atoms with Crippen LogP contribution in [0.4, 0.5) is 10.7 Å². The fraction of sp³-hybridized carbons (Fsp3) is 0.174. The standard InChI is InChI=1S/C23H21ClN2O5S/c1-13-10-15(31-12-20(27)30-3)8-9-18(13)25-23(29)21-14(2)11-19(32-21)26-22(28)16-6-4-5-7-17(16)24/h4-11H,12H2,1-3H3,(H,25,29)(H,26,28). The molecule has 0 spiro atoms. The molecule has 0 unspecified atom stereocenters. The number of amides is 2. The summed E-state index contributed by atoms with van der Waals surface area (Å²) in [5, 5.41) is 6.55. The third-order valence-corrected chi connectivity index (χ3v) is 5.99. The number of aryl methyl sites for hydroxylation is 2. The van der Waals surface area contributed by atoms with Gasteiger partial charge in [0.1, 0.15) is 5.75 Å². The molecule has 32 heavy (non-hydrogen) atoms. The fourth-order valence-corrected chi connectivity index (χ4v) is 4.02.